The molecule has 1 N–H and O–H groups in total. The molecule has 1 aliphatic rings. The van der Waals surface area contributed by atoms with Gasteiger partial charge in [-0.3, -0.25) is 19.5 Å². The van der Waals surface area contributed by atoms with Gasteiger partial charge in [0.1, 0.15) is 17.5 Å². The molecule has 31 heavy (non-hydrogen) atoms. The van der Waals surface area contributed by atoms with Crippen LogP contribution in [0.5, 0.6) is 5.75 Å². The van der Waals surface area contributed by atoms with E-state index in [1.807, 2.05) is 32.2 Å². The van der Waals surface area contributed by atoms with Gasteiger partial charge in [-0.05, 0) is 43.2 Å². The van der Waals surface area contributed by atoms with Crippen molar-refractivity contribution in [2.45, 2.75) is 32.9 Å². The molecule has 3 aromatic heterocycles. The highest BCUT2D eigenvalue weighted by molar-refractivity contribution is 5.92. The van der Waals surface area contributed by atoms with E-state index in [1.54, 1.807) is 30.3 Å². The lowest BCUT2D eigenvalue weighted by Gasteiger charge is -2.38. The maximum atomic E-state index is 12.1. The van der Waals surface area contributed by atoms with Crippen LogP contribution in [0.3, 0.4) is 0 Å². The molecule has 0 aromatic carbocycles. The van der Waals surface area contributed by atoms with Crippen molar-refractivity contribution < 1.29 is 9.53 Å². The molecule has 1 fully saturated rings. The van der Waals surface area contributed by atoms with Gasteiger partial charge in [0, 0.05) is 45.0 Å². The van der Waals surface area contributed by atoms with Crippen LogP contribution in [0, 0.1) is 0 Å². The molecule has 0 radical (unpaired) electrons. The number of nitrogens with zero attached hydrogens (tertiary/aromatic N) is 4. The summed E-state index contributed by atoms with van der Waals surface area (Å²) in [5, 5.41) is 0. The van der Waals surface area contributed by atoms with Crippen molar-refractivity contribution in [2.24, 2.45) is 0 Å². The van der Waals surface area contributed by atoms with Crippen molar-refractivity contribution in [3.05, 3.63) is 63.8 Å². The monoisotopic (exact) mass is 421 g/mol. The molecule has 0 atom stereocenters. The van der Waals surface area contributed by atoms with Gasteiger partial charge in [-0.2, -0.15) is 0 Å². The zero-order valence-corrected chi connectivity index (χ0v) is 18.1. The number of hydrogen-bond acceptors (Lipinski definition) is 6. The van der Waals surface area contributed by atoms with Gasteiger partial charge in [-0.1, -0.05) is 6.92 Å². The van der Waals surface area contributed by atoms with Crippen molar-refractivity contribution in [3.63, 3.8) is 0 Å². The number of aromatic amines is 1. The first-order valence-corrected chi connectivity index (χ1v) is 10.6. The van der Waals surface area contributed by atoms with E-state index in [9.17, 15) is 9.59 Å². The number of pyridine rings is 3. The number of fused-ring (bicyclic) bond motifs is 1. The number of aryl methyl sites for hydroxylation is 1. The van der Waals surface area contributed by atoms with Crippen LogP contribution in [-0.2, 0) is 13.0 Å². The summed E-state index contributed by atoms with van der Waals surface area (Å²) in [6.07, 6.45) is 4.24. The Morgan fingerprint density at radius 3 is 2.71 bits per heavy atom. The number of carbonyl (C=O) groups is 1. The average Bonchev–Trinajstić information content (AvgIpc) is 2.76. The van der Waals surface area contributed by atoms with Crippen LogP contribution < -0.4 is 10.3 Å². The van der Waals surface area contributed by atoms with E-state index >= 15 is 0 Å². The Labute approximate surface area is 180 Å². The van der Waals surface area contributed by atoms with Crippen LogP contribution in [0.2, 0.25) is 0 Å². The van der Waals surface area contributed by atoms with Crippen molar-refractivity contribution >= 4 is 16.9 Å². The minimum absolute atomic E-state index is 0.0472. The van der Waals surface area contributed by atoms with E-state index in [4.69, 9.17) is 4.74 Å². The van der Waals surface area contributed by atoms with E-state index in [0.717, 1.165) is 41.8 Å². The summed E-state index contributed by atoms with van der Waals surface area (Å²) >= 11 is 0. The number of likely N-dealkylation sites (tertiary alicyclic amines) is 1. The Kier molecular flexibility index (Phi) is 5.99. The lowest BCUT2D eigenvalue weighted by atomic mass is 10.1. The van der Waals surface area contributed by atoms with Gasteiger partial charge in [0.2, 0.25) is 0 Å². The maximum absolute atomic E-state index is 12.1. The lowest BCUT2D eigenvalue weighted by molar-refractivity contribution is 0.0143. The van der Waals surface area contributed by atoms with Gasteiger partial charge < -0.3 is 14.6 Å². The minimum Gasteiger partial charge on any atom is -0.486 e. The maximum Gasteiger partial charge on any atom is 0.272 e. The first-order valence-electron chi connectivity index (χ1n) is 10.6. The minimum atomic E-state index is -0.0971. The quantitative estimate of drug-likeness (QED) is 0.629. The molecule has 0 aliphatic carbocycles. The fourth-order valence-electron chi connectivity index (χ4n) is 3.61. The number of H-pyrrole nitrogens is 1. The summed E-state index contributed by atoms with van der Waals surface area (Å²) in [7, 11) is 1.75. The second kappa shape index (κ2) is 8.85. The molecule has 1 amide bonds. The number of carbonyl (C=O) groups excluding carboxylic acids is 1. The molecule has 0 saturated carbocycles. The fraction of sp³-hybridized carbons (Fsp3) is 0.391. The summed E-state index contributed by atoms with van der Waals surface area (Å²) in [4.78, 5) is 39.7. The van der Waals surface area contributed by atoms with E-state index in [-0.39, 0.29) is 17.6 Å². The van der Waals surface area contributed by atoms with Gasteiger partial charge in [-0.25, -0.2) is 4.98 Å². The average molecular weight is 422 g/mol. The molecular weight excluding hydrogens is 394 g/mol. The fourth-order valence-corrected chi connectivity index (χ4v) is 3.61. The molecule has 3 aromatic rings. The topological polar surface area (TPSA) is 91.4 Å². The Balaban J connectivity index is 1.31. The zero-order chi connectivity index (χ0) is 22.0. The molecule has 0 unspecified atom stereocenters. The molecule has 1 saturated heterocycles. The molecule has 8 heteroatoms. The normalized spacial score (nSPS) is 14.4. The van der Waals surface area contributed by atoms with Crippen LogP contribution >= 0.6 is 0 Å². The van der Waals surface area contributed by atoms with Crippen molar-refractivity contribution in [1.82, 2.24) is 24.8 Å². The third kappa shape index (κ3) is 4.59. The lowest BCUT2D eigenvalue weighted by Crippen LogP contribution is -2.53. The first kappa shape index (κ1) is 21.0. The molecular formula is C23H27N5O3. The van der Waals surface area contributed by atoms with Gasteiger partial charge in [-0.15, -0.1) is 0 Å². The van der Waals surface area contributed by atoms with Crippen molar-refractivity contribution in [3.8, 4) is 5.75 Å². The highest BCUT2D eigenvalue weighted by Crippen LogP contribution is 2.20. The van der Waals surface area contributed by atoms with E-state index in [2.05, 4.69) is 19.9 Å². The summed E-state index contributed by atoms with van der Waals surface area (Å²) in [6.45, 7) is 6.86. The van der Waals surface area contributed by atoms with Crippen molar-refractivity contribution in [1.29, 1.82) is 0 Å². The van der Waals surface area contributed by atoms with E-state index < -0.39 is 0 Å². The van der Waals surface area contributed by atoms with Crippen LogP contribution in [0.15, 0.2) is 41.5 Å². The molecule has 1 aliphatic heterocycles. The van der Waals surface area contributed by atoms with Crippen molar-refractivity contribution in [2.75, 3.05) is 26.7 Å². The van der Waals surface area contributed by atoms with Crippen LogP contribution in [0.1, 0.15) is 35.5 Å². The third-order valence-electron chi connectivity index (χ3n) is 5.62. The molecule has 162 valence electrons. The molecule has 0 bridgehead atoms. The number of nitrogens with one attached hydrogen (secondary N) is 1. The van der Waals surface area contributed by atoms with E-state index in [1.165, 1.54) is 0 Å². The predicted octanol–water partition coefficient (Wildman–Crippen LogP) is 2.24. The molecule has 4 rings (SSSR count). The molecule has 0 spiro atoms. The summed E-state index contributed by atoms with van der Waals surface area (Å²) in [5.74, 6) is 0.567. The predicted molar refractivity (Wildman–Crippen MR) is 118 cm³/mol. The summed E-state index contributed by atoms with van der Waals surface area (Å²) in [5.41, 5.74) is 3.75. The second-order valence-electron chi connectivity index (χ2n) is 7.89. The van der Waals surface area contributed by atoms with E-state index in [0.29, 0.717) is 24.4 Å². The summed E-state index contributed by atoms with van der Waals surface area (Å²) in [6, 6.07) is 7.34. The van der Waals surface area contributed by atoms with Gasteiger partial charge in [0.25, 0.3) is 11.5 Å². The van der Waals surface area contributed by atoms with Crippen LogP contribution in [0.25, 0.3) is 11.0 Å². The zero-order valence-electron chi connectivity index (χ0n) is 18.1. The highest BCUT2D eigenvalue weighted by atomic mass is 16.5. The molecule has 4 heterocycles. The Hall–Kier alpha value is -3.26. The standard InChI is InChI=1S/C23H27N5O3/c1-4-16-9-20-21(26-22(16)29)8-15(10-24-20)12-28-13-18(14-28)31-17-6-7-19(25-11-17)23(30)27(3)5-2/h6-11,18H,4-5,12-14H2,1-3H3,(H,26,29). The number of rotatable bonds is 7. The number of aromatic nitrogens is 3. The van der Waals surface area contributed by atoms with Gasteiger partial charge >= 0.3 is 0 Å². The highest BCUT2D eigenvalue weighted by Gasteiger charge is 2.28. The Morgan fingerprint density at radius 2 is 2.03 bits per heavy atom. The summed E-state index contributed by atoms with van der Waals surface area (Å²) < 4.78 is 5.96. The smallest absolute Gasteiger partial charge is 0.272 e. The van der Waals surface area contributed by atoms with Gasteiger partial charge in [0.15, 0.2) is 0 Å². The largest absolute Gasteiger partial charge is 0.486 e. The number of ether oxygens (including phenoxy) is 1. The molecule has 8 nitrogen and oxygen atoms in total. The number of hydrogen-bond donors (Lipinski definition) is 1. The third-order valence-corrected chi connectivity index (χ3v) is 5.62. The Bertz CT molecular complexity index is 1140. The Morgan fingerprint density at radius 1 is 1.23 bits per heavy atom. The van der Waals surface area contributed by atoms with Crippen LogP contribution in [-0.4, -0.2) is 63.4 Å². The number of amides is 1. The van der Waals surface area contributed by atoms with Crippen LogP contribution in [0.4, 0.5) is 0 Å². The SMILES string of the molecule is CCc1cc2ncc(CN3CC(Oc4ccc(C(=O)N(C)CC)nc4)C3)cc2[nH]c1=O. The van der Waals surface area contributed by atoms with Gasteiger partial charge in [0.05, 0.1) is 17.2 Å². The second-order valence-corrected chi connectivity index (χ2v) is 7.89. The first-order chi connectivity index (χ1) is 15.0.